The molecule has 2 heterocycles. The summed E-state index contributed by atoms with van der Waals surface area (Å²) in [6.07, 6.45) is 2.14. The highest BCUT2D eigenvalue weighted by atomic mass is 16.6. The summed E-state index contributed by atoms with van der Waals surface area (Å²) < 4.78 is 11.4. The predicted octanol–water partition coefficient (Wildman–Crippen LogP) is 4.36. The first-order valence-electron chi connectivity index (χ1n) is 10.1. The summed E-state index contributed by atoms with van der Waals surface area (Å²) in [4.78, 5) is 15.0. The summed E-state index contributed by atoms with van der Waals surface area (Å²) in [6.45, 7) is 6.79. The van der Waals surface area contributed by atoms with Crippen LogP contribution in [0, 0.1) is 0 Å². The molecule has 2 aliphatic heterocycles. The number of likely N-dealkylation sites (tertiary alicyclic amines) is 1. The van der Waals surface area contributed by atoms with E-state index in [2.05, 4.69) is 42.3 Å². The average Bonchev–Trinajstić information content (AvgIpc) is 3.15. The molecule has 1 N–H and O–H groups in total. The lowest BCUT2D eigenvalue weighted by molar-refractivity contribution is -0.117. The highest BCUT2D eigenvalue weighted by Gasteiger charge is 2.29. The molecule has 1 atom stereocenters. The summed E-state index contributed by atoms with van der Waals surface area (Å²) in [6, 6.07) is 14.4. The number of carbonyl (C=O) groups excluding carboxylic acids is 1. The van der Waals surface area contributed by atoms with E-state index in [0.717, 1.165) is 36.6 Å². The molecule has 1 saturated heterocycles. The minimum Gasteiger partial charge on any atom is -0.486 e. The molecular formula is C23H28N2O3. The summed E-state index contributed by atoms with van der Waals surface area (Å²) in [5.74, 6) is 2.03. The Morgan fingerprint density at radius 2 is 1.93 bits per heavy atom. The van der Waals surface area contributed by atoms with Gasteiger partial charge in [0.15, 0.2) is 11.5 Å². The number of rotatable bonds is 5. The van der Waals surface area contributed by atoms with Gasteiger partial charge >= 0.3 is 0 Å². The summed E-state index contributed by atoms with van der Waals surface area (Å²) in [5.41, 5.74) is 3.27. The van der Waals surface area contributed by atoms with E-state index in [0.29, 0.717) is 25.7 Å². The van der Waals surface area contributed by atoms with Crippen LogP contribution in [0.4, 0.5) is 5.69 Å². The molecule has 5 nitrogen and oxygen atoms in total. The maximum atomic E-state index is 12.8. The van der Waals surface area contributed by atoms with Gasteiger partial charge < -0.3 is 14.8 Å². The maximum Gasteiger partial charge on any atom is 0.238 e. The zero-order chi connectivity index (χ0) is 19.5. The molecule has 4 rings (SSSR count). The molecule has 2 aromatic carbocycles. The van der Waals surface area contributed by atoms with Crippen molar-refractivity contribution in [1.82, 2.24) is 4.90 Å². The molecule has 28 heavy (non-hydrogen) atoms. The van der Waals surface area contributed by atoms with Crippen molar-refractivity contribution in [1.29, 1.82) is 0 Å². The Balaban J connectivity index is 1.45. The van der Waals surface area contributed by atoms with Crippen LogP contribution in [0.5, 0.6) is 11.5 Å². The lowest BCUT2D eigenvalue weighted by Gasteiger charge is -2.26. The molecule has 1 fully saturated rings. The zero-order valence-electron chi connectivity index (χ0n) is 16.6. The Hall–Kier alpha value is -2.53. The van der Waals surface area contributed by atoms with Crippen molar-refractivity contribution in [3.63, 3.8) is 0 Å². The smallest absolute Gasteiger partial charge is 0.238 e. The van der Waals surface area contributed by atoms with Gasteiger partial charge in [-0.2, -0.15) is 0 Å². The lowest BCUT2D eigenvalue weighted by atomic mass is 10.0. The van der Waals surface area contributed by atoms with Crippen molar-refractivity contribution in [2.24, 2.45) is 0 Å². The van der Waals surface area contributed by atoms with Gasteiger partial charge in [0.25, 0.3) is 0 Å². The van der Waals surface area contributed by atoms with E-state index in [-0.39, 0.29) is 11.9 Å². The van der Waals surface area contributed by atoms with Gasteiger partial charge in [-0.25, -0.2) is 0 Å². The van der Waals surface area contributed by atoms with Crippen molar-refractivity contribution in [3.8, 4) is 11.5 Å². The van der Waals surface area contributed by atoms with Crippen LogP contribution in [0.1, 0.15) is 49.8 Å². The van der Waals surface area contributed by atoms with Crippen molar-refractivity contribution in [3.05, 3.63) is 53.6 Å². The van der Waals surface area contributed by atoms with Gasteiger partial charge in [-0.15, -0.1) is 0 Å². The van der Waals surface area contributed by atoms with E-state index in [1.807, 2.05) is 24.3 Å². The minimum absolute atomic E-state index is 0.0394. The number of amides is 1. The van der Waals surface area contributed by atoms with Crippen LogP contribution >= 0.6 is 0 Å². The Bertz CT molecular complexity index is 849. The van der Waals surface area contributed by atoms with E-state index in [1.54, 1.807) is 0 Å². The first-order chi connectivity index (χ1) is 13.6. The van der Waals surface area contributed by atoms with Crippen LogP contribution in [0.15, 0.2) is 42.5 Å². The van der Waals surface area contributed by atoms with Crippen LogP contribution in [0.2, 0.25) is 0 Å². The van der Waals surface area contributed by atoms with Crippen molar-refractivity contribution in [2.75, 3.05) is 31.6 Å². The second kappa shape index (κ2) is 8.23. The van der Waals surface area contributed by atoms with Crippen LogP contribution in [-0.2, 0) is 4.79 Å². The SMILES string of the molecule is CC(C)c1ccccc1NC(=O)CN1CCCC1c1ccc2c(c1)OCCO2. The monoisotopic (exact) mass is 380 g/mol. The molecule has 0 bridgehead atoms. The number of ether oxygens (including phenoxy) is 2. The molecule has 0 aromatic heterocycles. The van der Waals surface area contributed by atoms with Gasteiger partial charge in [0.2, 0.25) is 5.91 Å². The van der Waals surface area contributed by atoms with E-state index < -0.39 is 0 Å². The van der Waals surface area contributed by atoms with Crippen molar-refractivity contribution < 1.29 is 14.3 Å². The summed E-state index contributed by atoms with van der Waals surface area (Å²) in [5, 5.41) is 3.12. The van der Waals surface area contributed by atoms with Gasteiger partial charge in [0.05, 0.1) is 6.54 Å². The second-order valence-corrected chi connectivity index (χ2v) is 7.82. The number of hydrogen-bond donors (Lipinski definition) is 1. The molecule has 5 heteroatoms. The van der Waals surface area contributed by atoms with Gasteiger partial charge in [-0.05, 0) is 54.6 Å². The summed E-state index contributed by atoms with van der Waals surface area (Å²) >= 11 is 0. The number of nitrogens with one attached hydrogen (secondary N) is 1. The third-order valence-corrected chi connectivity index (χ3v) is 5.52. The van der Waals surface area contributed by atoms with Gasteiger partial charge in [-0.1, -0.05) is 38.1 Å². The third-order valence-electron chi connectivity index (χ3n) is 5.52. The van der Waals surface area contributed by atoms with Crippen LogP contribution in [0.25, 0.3) is 0 Å². The first kappa shape index (κ1) is 18.8. The average molecular weight is 380 g/mol. The number of fused-ring (bicyclic) bond motifs is 1. The Kier molecular flexibility index (Phi) is 5.53. The molecule has 148 valence electrons. The fourth-order valence-corrected chi connectivity index (χ4v) is 4.15. The van der Waals surface area contributed by atoms with Gasteiger partial charge in [0.1, 0.15) is 13.2 Å². The van der Waals surface area contributed by atoms with Crippen LogP contribution in [0.3, 0.4) is 0 Å². The topological polar surface area (TPSA) is 50.8 Å². The fourth-order valence-electron chi connectivity index (χ4n) is 4.15. The number of hydrogen-bond acceptors (Lipinski definition) is 4. The standard InChI is InChI=1S/C23H28N2O3/c1-16(2)18-6-3-4-7-19(18)24-23(26)15-25-11-5-8-20(25)17-9-10-21-22(14-17)28-13-12-27-21/h3-4,6-7,9-10,14,16,20H,5,8,11-13,15H2,1-2H3,(H,24,26). The van der Waals surface area contributed by atoms with Crippen LogP contribution < -0.4 is 14.8 Å². The normalized spacial score (nSPS) is 19.0. The zero-order valence-corrected chi connectivity index (χ0v) is 16.6. The van der Waals surface area contributed by atoms with Gasteiger partial charge in [-0.3, -0.25) is 9.69 Å². The van der Waals surface area contributed by atoms with Crippen molar-refractivity contribution in [2.45, 2.75) is 38.6 Å². The molecule has 1 amide bonds. The second-order valence-electron chi connectivity index (χ2n) is 7.82. The molecule has 0 spiro atoms. The minimum atomic E-state index is 0.0394. The fraction of sp³-hybridized carbons (Fsp3) is 0.435. The molecule has 0 aliphatic carbocycles. The van der Waals surface area contributed by atoms with E-state index >= 15 is 0 Å². The third kappa shape index (κ3) is 3.99. The van der Waals surface area contributed by atoms with E-state index in [4.69, 9.17) is 9.47 Å². The van der Waals surface area contributed by atoms with E-state index in [1.165, 1.54) is 11.1 Å². The predicted molar refractivity (Wildman–Crippen MR) is 110 cm³/mol. The molecule has 2 aliphatic rings. The number of carbonyl (C=O) groups is 1. The largest absolute Gasteiger partial charge is 0.486 e. The number of para-hydroxylation sites is 1. The molecule has 0 radical (unpaired) electrons. The van der Waals surface area contributed by atoms with Gasteiger partial charge in [0, 0.05) is 11.7 Å². The number of anilines is 1. The summed E-state index contributed by atoms with van der Waals surface area (Å²) in [7, 11) is 0. The van der Waals surface area contributed by atoms with E-state index in [9.17, 15) is 4.79 Å². The maximum absolute atomic E-state index is 12.8. The van der Waals surface area contributed by atoms with Crippen LogP contribution in [-0.4, -0.2) is 37.1 Å². The Morgan fingerprint density at radius 1 is 1.14 bits per heavy atom. The quantitative estimate of drug-likeness (QED) is 0.837. The Labute approximate surface area is 166 Å². The Morgan fingerprint density at radius 3 is 2.75 bits per heavy atom. The highest BCUT2D eigenvalue weighted by molar-refractivity contribution is 5.93. The molecule has 2 aromatic rings. The van der Waals surface area contributed by atoms with Crippen molar-refractivity contribution >= 4 is 11.6 Å². The molecule has 0 saturated carbocycles. The lowest BCUT2D eigenvalue weighted by Crippen LogP contribution is -2.33. The molecule has 1 unspecified atom stereocenters. The number of benzene rings is 2. The highest BCUT2D eigenvalue weighted by Crippen LogP contribution is 2.38. The first-order valence-corrected chi connectivity index (χ1v) is 10.1. The molecular weight excluding hydrogens is 352 g/mol. The number of nitrogens with zero attached hydrogens (tertiary/aromatic N) is 1.